The molecule has 1 amide bonds. The summed E-state index contributed by atoms with van der Waals surface area (Å²) in [7, 11) is 3.36. The predicted octanol–water partition coefficient (Wildman–Crippen LogP) is 2.82. The summed E-state index contributed by atoms with van der Waals surface area (Å²) >= 11 is 0. The monoisotopic (exact) mass is 519 g/mol. The minimum atomic E-state index is -0.994. The van der Waals surface area contributed by atoms with Crippen LogP contribution in [0.2, 0.25) is 0 Å². The first-order chi connectivity index (χ1) is 18.5. The van der Waals surface area contributed by atoms with Crippen LogP contribution in [-0.2, 0) is 11.8 Å². The van der Waals surface area contributed by atoms with Crippen LogP contribution in [0.5, 0.6) is 5.88 Å². The summed E-state index contributed by atoms with van der Waals surface area (Å²) in [6.45, 7) is 1.98. The number of alkyl halides is 1. The van der Waals surface area contributed by atoms with Crippen molar-refractivity contribution >= 4 is 34.1 Å². The number of anilines is 3. The lowest BCUT2D eigenvalue weighted by Crippen LogP contribution is -2.46. The maximum atomic E-state index is 14.4. The first kappa shape index (κ1) is 24.3. The molecule has 11 nitrogen and oxygen atoms in total. The van der Waals surface area contributed by atoms with Gasteiger partial charge in [-0.05, 0) is 25.1 Å². The molecule has 2 aliphatic heterocycles. The maximum Gasteiger partial charge on any atom is 0.256 e. The predicted molar refractivity (Wildman–Crippen MR) is 142 cm³/mol. The number of rotatable bonds is 7. The lowest BCUT2D eigenvalue weighted by molar-refractivity contribution is -0.121. The van der Waals surface area contributed by atoms with Crippen LogP contribution in [0.4, 0.5) is 21.7 Å². The molecule has 2 saturated heterocycles. The number of likely N-dealkylation sites (tertiary alicyclic amines) is 1. The van der Waals surface area contributed by atoms with Crippen LogP contribution < -0.4 is 20.7 Å². The molecule has 38 heavy (non-hydrogen) atoms. The average Bonchev–Trinajstić information content (AvgIpc) is 3.70. The van der Waals surface area contributed by atoms with Crippen molar-refractivity contribution in [3.05, 3.63) is 42.9 Å². The topological polar surface area (TPSA) is 125 Å². The minimum Gasteiger partial charge on any atom is -0.478 e. The number of hydrogen-bond acceptors (Lipinski definition) is 8. The summed E-state index contributed by atoms with van der Waals surface area (Å²) in [5, 5.41) is 14.7. The fraction of sp³-hybridized carbons (Fsp3) is 0.385. The van der Waals surface area contributed by atoms with Gasteiger partial charge in [0.25, 0.3) is 5.88 Å². The smallest absolute Gasteiger partial charge is 0.256 e. The Hall–Kier alpha value is -4.03. The Bertz CT molecular complexity index is 1460. The molecular formula is C26H30FN9O2. The molecule has 0 radical (unpaired) electrons. The van der Waals surface area contributed by atoms with Crippen molar-refractivity contribution in [1.82, 2.24) is 34.9 Å². The number of aromatic nitrogens is 5. The lowest BCUT2D eigenvalue weighted by atomic mass is 10.1. The van der Waals surface area contributed by atoms with Gasteiger partial charge in [0.05, 0.1) is 36.2 Å². The average molecular weight is 520 g/mol. The SMILES string of the molecule is COc1nn(C)cc1Nc1nccc(-c2c[nH]c3c(NC(=O)[C@H]4C[C@H](F)CN4C4CCNC4)cccc23)n1. The highest BCUT2D eigenvalue weighted by atomic mass is 19.1. The molecule has 4 N–H and O–H groups in total. The van der Waals surface area contributed by atoms with Gasteiger partial charge in [-0.3, -0.25) is 14.4 Å². The second-order valence-corrected chi connectivity index (χ2v) is 9.73. The normalized spacial score (nSPS) is 21.7. The number of halogens is 1. The van der Waals surface area contributed by atoms with Crippen LogP contribution in [0.25, 0.3) is 22.2 Å². The molecule has 1 aromatic carbocycles. The molecule has 5 heterocycles. The number of para-hydroxylation sites is 1. The van der Waals surface area contributed by atoms with Gasteiger partial charge < -0.3 is 25.7 Å². The van der Waals surface area contributed by atoms with E-state index in [1.54, 1.807) is 31.2 Å². The van der Waals surface area contributed by atoms with Crippen molar-refractivity contribution in [3.63, 3.8) is 0 Å². The van der Waals surface area contributed by atoms with Gasteiger partial charge in [0.1, 0.15) is 11.9 Å². The van der Waals surface area contributed by atoms with Gasteiger partial charge in [-0.1, -0.05) is 12.1 Å². The fourth-order valence-electron chi connectivity index (χ4n) is 5.47. The number of ether oxygens (including phenoxy) is 1. The van der Waals surface area contributed by atoms with Crippen LogP contribution in [-0.4, -0.2) is 80.5 Å². The Morgan fingerprint density at radius 1 is 1.26 bits per heavy atom. The number of benzene rings is 1. The standard InChI is InChI=1S/C26H30FN9O2/c1-35-14-21(25(34-35)38-2)33-26-29-9-7-19(32-26)18-12-30-23-17(18)4-3-5-20(23)31-24(37)22-10-15(27)13-36(22)16-6-8-28-11-16/h3-5,7,9,12,14-16,22,28,30H,6,8,10-11,13H2,1-2H3,(H,31,37)(H,29,32,33)/t15-,16?,22+/m0/s1. The van der Waals surface area contributed by atoms with E-state index < -0.39 is 12.2 Å². The molecule has 12 heteroatoms. The van der Waals surface area contributed by atoms with Crippen LogP contribution in [0.1, 0.15) is 12.8 Å². The summed E-state index contributed by atoms with van der Waals surface area (Å²) < 4.78 is 21.3. The van der Waals surface area contributed by atoms with E-state index in [1.165, 1.54) is 0 Å². The number of nitrogens with zero attached hydrogens (tertiary/aromatic N) is 5. The molecule has 2 fully saturated rings. The molecule has 2 aliphatic rings. The molecule has 198 valence electrons. The third-order valence-electron chi connectivity index (χ3n) is 7.23. The number of amides is 1. The summed E-state index contributed by atoms with van der Waals surface area (Å²) in [4.78, 5) is 27.7. The van der Waals surface area contributed by atoms with E-state index >= 15 is 0 Å². The molecule has 4 aromatic rings. The number of carbonyl (C=O) groups is 1. The Morgan fingerprint density at radius 2 is 2.16 bits per heavy atom. The number of fused-ring (bicyclic) bond motifs is 1. The van der Waals surface area contributed by atoms with Gasteiger partial charge >= 0.3 is 0 Å². The second kappa shape index (κ2) is 10.0. The van der Waals surface area contributed by atoms with Crippen molar-refractivity contribution in [3.8, 4) is 17.1 Å². The van der Waals surface area contributed by atoms with E-state index in [2.05, 4.69) is 36.0 Å². The van der Waals surface area contributed by atoms with Gasteiger partial charge in [-0.25, -0.2) is 14.4 Å². The Kier molecular flexibility index (Phi) is 6.42. The van der Waals surface area contributed by atoms with Gasteiger partial charge in [0.15, 0.2) is 0 Å². The summed E-state index contributed by atoms with van der Waals surface area (Å²) in [5.74, 6) is 0.661. The van der Waals surface area contributed by atoms with Crippen molar-refractivity contribution in [1.29, 1.82) is 0 Å². The van der Waals surface area contributed by atoms with E-state index in [-0.39, 0.29) is 18.4 Å². The zero-order chi connectivity index (χ0) is 26.2. The molecule has 0 aliphatic carbocycles. The van der Waals surface area contributed by atoms with Crippen LogP contribution in [0.3, 0.4) is 0 Å². The number of aromatic amines is 1. The number of hydrogen-bond donors (Lipinski definition) is 4. The molecule has 6 rings (SSSR count). The lowest BCUT2D eigenvalue weighted by Gasteiger charge is -2.28. The van der Waals surface area contributed by atoms with E-state index in [0.29, 0.717) is 35.4 Å². The second-order valence-electron chi connectivity index (χ2n) is 9.73. The summed E-state index contributed by atoms with van der Waals surface area (Å²) in [6.07, 6.45) is 5.47. The largest absolute Gasteiger partial charge is 0.478 e. The first-order valence-corrected chi connectivity index (χ1v) is 12.7. The number of aryl methyl sites for hydroxylation is 1. The third-order valence-corrected chi connectivity index (χ3v) is 7.23. The molecule has 0 saturated carbocycles. The highest BCUT2D eigenvalue weighted by Crippen LogP contribution is 2.33. The zero-order valence-corrected chi connectivity index (χ0v) is 21.2. The van der Waals surface area contributed by atoms with Gasteiger partial charge in [0.2, 0.25) is 11.9 Å². The van der Waals surface area contributed by atoms with Crippen molar-refractivity contribution in [2.24, 2.45) is 7.05 Å². The Balaban J connectivity index is 1.25. The molecule has 0 bridgehead atoms. The minimum absolute atomic E-state index is 0.181. The Morgan fingerprint density at radius 3 is 2.97 bits per heavy atom. The van der Waals surface area contributed by atoms with E-state index in [4.69, 9.17) is 4.74 Å². The molecular weight excluding hydrogens is 489 g/mol. The first-order valence-electron chi connectivity index (χ1n) is 12.7. The van der Waals surface area contributed by atoms with Gasteiger partial charge in [-0.15, -0.1) is 5.10 Å². The maximum absolute atomic E-state index is 14.4. The molecule has 3 atom stereocenters. The number of methoxy groups -OCH3 is 1. The number of nitrogens with one attached hydrogen (secondary N) is 4. The van der Waals surface area contributed by atoms with Crippen molar-refractivity contribution in [2.75, 3.05) is 37.4 Å². The fourth-order valence-corrected chi connectivity index (χ4v) is 5.47. The molecule has 0 spiro atoms. The van der Waals surface area contributed by atoms with Crippen molar-refractivity contribution in [2.45, 2.75) is 31.1 Å². The third kappa shape index (κ3) is 4.56. The Labute approximate surface area is 218 Å². The van der Waals surface area contributed by atoms with E-state index in [9.17, 15) is 9.18 Å². The highest BCUT2D eigenvalue weighted by Gasteiger charge is 2.41. The highest BCUT2D eigenvalue weighted by molar-refractivity contribution is 6.06. The van der Waals surface area contributed by atoms with E-state index in [1.807, 2.05) is 35.4 Å². The van der Waals surface area contributed by atoms with Gasteiger partial charge in [-0.2, -0.15) is 0 Å². The summed E-state index contributed by atoms with van der Waals surface area (Å²) in [6, 6.07) is 7.24. The molecule has 1 unspecified atom stereocenters. The van der Waals surface area contributed by atoms with Crippen LogP contribution >= 0.6 is 0 Å². The summed E-state index contributed by atoms with van der Waals surface area (Å²) in [5.41, 5.74) is 3.65. The van der Waals surface area contributed by atoms with Crippen LogP contribution in [0.15, 0.2) is 42.9 Å². The number of carbonyl (C=O) groups excluding carboxylic acids is 1. The zero-order valence-electron chi connectivity index (χ0n) is 21.2. The van der Waals surface area contributed by atoms with E-state index in [0.717, 1.165) is 36.0 Å². The van der Waals surface area contributed by atoms with Crippen LogP contribution in [0, 0.1) is 0 Å². The quantitative estimate of drug-likeness (QED) is 0.294. The molecule has 3 aromatic heterocycles. The van der Waals surface area contributed by atoms with Crippen molar-refractivity contribution < 1.29 is 13.9 Å². The van der Waals surface area contributed by atoms with Gasteiger partial charge in [0, 0.05) is 55.9 Å². The number of H-pyrrole nitrogens is 1.